The Morgan fingerprint density at radius 1 is 1.16 bits per heavy atom. The molecule has 1 saturated heterocycles. The van der Waals surface area contributed by atoms with Gasteiger partial charge in [-0.1, -0.05) is 80.1 Å². The molecule has 0 saturated carbocycles. The molecule has 1 aliphatic rings. The summed E-state index contributed by atoms with van der Waals surface area (Å²) >= 11 is 1.16. The predicted molar refractivity (Wildman–Crippen MR) is 156 cm³/mol. The van der Waals surface area contributed by atoms with Crippen molar-refractivity contribution in [2.75, 3.05) is 30.9 Å². The molecule has 9 nitrogen and oxygen atoms in total. The number of hydrogen-bond donors (Lipinski definition) is 3. The van der Waals surface area contributed by atoms with E-state index in [1.165, 1.54) is 16.8 Å². The van der Waals surface area contributed by atoms with Gasteiger partial charge >= 0.3 is 13.3 Å². The standard InChI is InChI=1S/C23H34N3O6PS3.CH4/c1-23(2,3)36-34-14-12-31-33(30,13-10-16-7-5-4-6-8-16)32-15-17-19(27)20(28)21(35-17)26-11-9-18(24)25-22(26)29;/h4-9,11,17,19-21,27-28H,10,12-15H2,1-3H3,(H2,24,25,29);1H4/t17-,19-,20+,21-,33?;/m1./s1. The summed E-state index contributed by atoms with van der Waals surface area (Å²) in [6.45, 7) is 6.53. The summed E-state index contributed by atoms with van der Waals surface area (Å²) in [4.78, 5) is 15.9. The molecule has 0 spiro atoms. The lowest BCUT2D eigenvalue weighted by Gasteiger charge is -2.22. The van der Waals surface area contributed by atoms with Gasteiger partial charge in [-0.3, -0.25) is 9.13 Å². The highest BCUT2D eigenvalue weighted by atomic mass is 33.1. The van der Waals surface area contributed by atoms with Crippen molar-refractivity contribution in [1.29, 1.82) is 0 Å². The SMILES string of the molecule is C.CC(C)(C)SSCCOP(=O)(CCc1ccccc1)OC[C@H]1S[C@@H](n2ccc(N)nc2=O)[C@@H](O)[C@@H]1O. The Kier molecular flexibility index (Phi) is 12.6. The number of anilines is 1. The Morgan fingerprint density at radius 3 is 2.51 bits per heavy atom. The Morgan fingerprint density at radius 2 is 1.86 bits per heavy atom. The van der Waals surface area contributed by atoms with Crippen molar-refractivity contribution < 1.29 is 23.8 Å². The molecular formula is C24H38N3O6PS3. The monoisotopic (exact) mass is 591 g/mol. The topological polar surface area (TPSA) is 137 Å². The Labute approximate surface area is 231 Å². The van der Waals surface area contributed by atoms with E-state index in [4.69, 9.17) is 14.8 Å². The summed E-state index contributed by atoms with van der Waals surface area (Å²) in [5.41, 5.74) is 5.95. The molecule has 37 heavy (non-hydrogen) atoms. The van der Waals surface area contributed by atoms with Gasteiger partial charge in [0.1, 0.15) is 17.3 Å². The molecule has 0 bridgehead atoms. The molecule has 13 heteroatoms. The van der Waals surface area contributed by atoms with E-state index in [9.17, 15) is 19.6 Å². The highest BCUT2D eigenvalue weighted by Crippen LogP contribution is 2.51. The van der Waals surface area contributed by atoms with Crippen molar-refractivity contribution in [3.63, 3.8) is 0 Å². The fraction of sp³-hybridized carbons (Fsp3) is 0.583. The van der Waals surface area contributed by atoms with Gasteiger partial charge in [0.05, 0.1) is 30.7 Å². The van der Waals surface area contributed by atoms with Gasteiger partial charge in [-0.15, -0.1) is 11.8 Å². The smallest absolute Gasteiger partial charge is 0.350 e. The van der Waals surface area contributed by atoms with Gasteiger partial charge in [-0.05, 0) is 18.1 Å². The van der Waals surface area contributed by atoms with E-state index in [-0.39, 0.29) is 37.4 Å². The van der Waals surface area contributed by atoms with Crippen LogP contribution in [-0.2, 0) is 20.0 Å². The average Bonchev–Trinajstić information content (AvgIpc) is 3.10. The van der Waals surface area contributed by atoms with E-state index in [2.05, 4.69) is 25.8 Å². The summed E-state index contributed by atoms with van der Waals surface area (Å²) < 4.78 is 26.6. The molecule has 0 amide bonds. The number of benzene rings is 1. The zero-order chi connectivity index (χ0) is 26.3. The third-order valence-electron chi connectivity index (χ3n) is 5.18. The first-order valence-corrected chi connectivity index (χ1v) is 16.6. The van der Waals surface area contributed by atoms with Crippen molar-refractivity contribution >= 4 is 46.8 Å². The van der Waals surface area contributed by atoms with Gasteiger partial charge in [0.2, 0.25) is 0 Å². The molecule has 1 fully saturated rings. The van der Waals surface area contributed by atoms with Crippen LogP contribution in [0.2, 0.25) is 0 Å². The molecule has 0 radical (unpaired) electrons. The van der Waals surface area contributed by atoms with E-state index in [0.29, 0.717) is 12.2 Å². The Bertz CT molecular complexity index is 1090. The van der Waals surface area contributed by atoms with Crippen LogP contribution in [0.3, 0.4) is 0 Å². The normalized spacial score (nSPS) is 23.4. The van der Waals surface area contributed by atoms with Gasteiger partial charge in [0.25, 0.3) is 0 Å². The molecule has 2 aromatic rings. The molecule has 5 atom stereocenters. The number of aryl methyl sites for hydroxylation is 1. The number of nitrogens with zero attached hydrogens (tertiary/aromatic N) is 2. The minimum atomic E-state index is -3.50. The van der Waals surface area contributed by atoms with E-state index >= 15 is 0 Å². The molecule has 1 aliphatic heterocycles. The van der Waals surface area contributed by atoms with Gasteiger partial charge in [-0.2, -0.15) is 4.98 Å². The fourth-order valence-electron chi connectivity index (χ4n) is 3.41. The largest absolute Gasteiger partial charge is 0.389 e. The van der Waals surface area contributed by atoms with Crippen molar-refractivity contribution in [1.82, 2.24) is 9.55 Å². The highest BCUT2D eigenvalue weighted by molar-refractivity contribution is 8.77. The first-order valence-electron chi connectivity index (χ1n) is 11.6. The molecule has 0 aliphatic carbocycles. The second-order valence-corrected chi connectivity index (χ2v) is 16.1. The third kappa shape index (κ3) is 9.93. The lowest BCUT2D eigenvalue weighted by molar-refractivity contribution is 0.0107. The molecule has 208 valence electrons. The number of nitrogens with two attached hydrogens (primary N) is 1. The fourth-order valence-corrected chi connectivity index (χ4v) is 8.80. The van der Waals surface area contributed by atoms with Crippen LogP contribution in [-0.4, -0.2) is 67.1 Å². The van der Waals surface area contributed by atoms with Crippen LogP contribution in [0, 0.1) is 0 Å². The minimum Gasteiger partial charge on any atom is -0.389 e. The maximum atomic E-state index is 13.6. The number of nitrogen functional groups attached to an aromatic ring is 1. The number of thioether (sulfide) groups is 1. The predicted octanol–water partition coefficient (Wildman–Crippen LogP) is 4.45. The van der Waals surface area contributed by atoms with E-state index < -0.39 is 36.1 Å². The maximum absolute atomic E-state index is 13.6. The quantitative estimate of drug-likeness (QED) is 0.183. The molecule has 2 heterocycles. The van der Waals surface area contributed by atoms with Crippen LogP contribution in [0.5, 0.6) is 0 Å². The first kappa shape index (κ1) is 32.2. The number of aliphatic hydroxyl groups excluding tert-OH is 2. The number of aromatic nitrogens is 2. The summed E-state index contributed by atoms with van der Waals surface area (Å²) in [6, 6.07) is 11.1. The zero-order valence-corrected chi connectivity index (χ0v) is 23.9. The molecule has 1 unspecified atom stereocenters. The van der Waals surface area contributed by atoms with Crippen LogP contribution in [0.15, 0.2) is 47.4 Å². The van der Waals surface area contributed by atoms with Gasteiger partial charge in [0.15, 0.2) is 0 Å². The molecule has 4 N–H and O–H groups in total. The number of aliphatic hydroxyl groups is 2. The Balaban J connectivity index is 0.00000481. The maximum Gasteiger partial charge on any atom is 0.350 e. The van der Waals surface area contributed by atoms with E-state index in [0.717, 1.165) is 17.3 Å². The summed E-state index contributed by atoms with van der Waals surface area (Å²) in [5.74, 6) is 0.722. The van der Waals surface area contributed by atoms with Crippen molar-refractivity contribution in [3.05, 3.63) is 58.6 Å². The Hall–Kier alpha value is -0.980. The third-order valence-corrected chi connectivity index (χ3v) is 11.9. The second-order valence-electron chi connectivity index (χ2n) is 9.31. The zero-order valence-electron chi connectivity index (χ0n) is 20.6. The summed E-state index contributed by atoms with van der Waals surface area (Å²) in [5, 5.41) is 19.8. The van der Waals surface area contributed by atoms with Crippen LogP contribution in [0.4, 0.5) is 5.82 Å². The van der Waals surface area contributed by atoms with E-state index in [1.807, 2.05) is 30.3 Å². The average molecular weight is 592 g/mol. The van der Waals surface area contributed by atoms with Gasteiger partial charge in [0, 0.05) is 16.7 Å². The van der Waals surface area contributed by atoms with Crippen molar-refractivity contribution in [3.8, 4) is 0 Å². The van der Waals surface area contributed by atoms with Crippen LogP contribution >= 0.6 is 40.9 Å². The first-order chi connectivity index (χ1) is 17.0. The minimum absolute atomic E-state index is 0. The highest BCUT2D eigenvalue weighted by Gasteiger charge is 2.44. The summed E-state index contributed by atoms with van der Waals surface area (Å²) in [7, 11) is -0.118. The van der Waals surface area contributed by atoms with Gasteiger partial charge in [-0.25, -0.2) is 4.79 Å². The lowest BCUT2D eigenvalue weighted by atomic mass is 10.1. The molecule has 1 aromatic carbocycles. The lowest BCUT2D eigenvalue weighted by Crippen LogP contribution is -2.36. The van der Waals surface area contributed by atoms with Gasteiger partial charge < -0.3 is 25.0 Å². The summed E-state index contributed by atoms with van der Waals surface area (Å²) in [6.07, 6.45) is -0.287. The molecule has 1 aromatic heterocycles. The second kappa shape index (κ2) is 14.4. The van der Waals surface area contributed by atoms with Crippen LogP contribution < -0.4 is 11.4 Å². The van der Waals surface area contributed by atoms with E-state index in [1.54, 1.807) is 21.6 Å². The number of rotatable bonds is 12. The van der Waals surface area contributed by atoms with Crippen molar-refractivity contribution in [2.45, 2.75) is 62.2 Å². The number of hydrogen-bond acceptors (Lipinski definition) is 11. The van der Waals surface area contributed by atoms with Crippen LogP contribution in [0.25, 0.3) is 0 Å². The molecular weight excluding hydrogens is 553 g/mol. The molecule has 3 rings (SSSR count). The van der Waals surface area contributed by atoms with Crippen molar-refractivity contribution in [2.24, 2.45) is 0 Å². The van der Waals surface area contributed by atoms with Crippen LogP contribution in [0.1, 0.15) is 39.1 Å².